The summed E-state index contributed by atoms with van der Waals surface area (Å²) in [5, 5.41) is 1.01. The van der Waals surface area contributed by atoms with Crippen molar-refractivity contribution in [2.75, 3.05) is 7.05 Å². The first-order valence-corrected chi connectivity index (χ1v) is 5.46. The fourth-order valence-electron chi connectivity index (χ4n) is 1.30. The highest BCUT2D eigenvalue weighted by Crippen LogP contribution is 2.26. The van der Waals surface area contributed by atoms with E-state index in [1.807, 2.05) is 0 Å². The predicted molar refractivity (Wildman–Crippen MR) is 65.2 cm³/mol. The second-order valence-electron chi connectivity index (χ2n) is 3.27. The van der Waals surface area contributed by atoms with Crippen LogP contribution in [0.3, 0.4) is 0 Å². The molecule has 0 aromatic heterocycles. The van der Waals surface area contributed by atoms with Crippen LogP contribution in [0.4, 0.5) is 0 Å². The Balaban J connectivity index is 2.72. The van der Waals surface area contributed by atoms with Crippen molar-refractivity contribution in [3.63, 3.8) is 0 Å². The van der Waals surface area contributed by atoms with E-state index in [0.717, 1.165) is 0 Å². The molecule has 1 aromatic carbocycles. The molecule has 0 saturated carbocycles. The second-order valence-corrected chi connectivity index (χ2v) is 4.12. The van der Waals surface area contributed by atoms with Crippen LogP contribution in [0.2, 0.25) is 10.0 Å². The van der Waals surface area contributed by atoms with Gasteiger partial charge in [0.15, 0.2) is 0 Å². The van der Waals surface area contributed by atoms with Crippen LogP contribution in [-0.2, 0) is 4.79 Å². The Morgan fingerprint density at radius 1 is 1.50 bits per heavy atom. The van der Waals surface area contributed by atoms with E-state index >= 15 is 0 Å². The highest BCUT2D eigenvalue weighted by atomic mass is 35.5. The van der Waals surface area contributed by atoms with Crippen LogP contribution in [0.1, 0.15) is 18.0 Å². The van der Waals surface area contributed by atoms with Crippen LogP contribution >= 0.6 is 23.2 Å². The topological polar surface area (TPSA) is 67.1 Å². The minimum Gasteiger partial charge on any atom is -0.323 e. The van der Waals surface area contributed by atoms with Crippen molar-refractivity contribution in [3.8, 4) is 0 Å². The van der Waals surface area contributed by atoms with Gasteiger partial charge in [0.1, 0.15) is 0 Å². The normalized spacial score (nSPS) is 12.2. The van der Waals surface area contributed by atoms with Crippen molar-refractivity contribution >= 4 is 29.1 Å². The van der Waals surface area contributed by atoms with Crippen molar-refractivity contribution in [3.05, 3.63) is 33.8 Å². The van der Waals surface area contributed by atoms with Crippen molar-refractivity contribution in [2.24, 2.45) is 5.73 Å². The lowest BCUT2D eigenvalue weighted by Gasteiger charge is -2.13. The van der Waals surface area contributed by atoms with Crippen molar-refractivity contribution in [1.29, 1.82) is 0 Å². The number of hydrogen-bond donors (Lipinski definition) is 3. The lowest BCUT2D eigenvalue weighted by atomic mass is 10.0. The van der Waals surface area contributed by atoms with Gasteiger partial charge in [-0.15, -0.1) is 0 Å². The van der Waals surface area contributed by atoms with Gasteiger partial charge in [0, 0.05) is 29.6 Å². The molecule has 0 heterocycles. The molecule has 1 unspecified atom stereocenters. The van der Waals surface area contributed by atoms with Crippen LogP contribution in [0.25, 0.3) is 0 Å². The number of halogens is 2. The summed E-state index contributed by atoms with van der Waals surface area (Å²) in [6.45, 7) is 0. The largest absolute Gasteiger partial charge is 0.323 e. The molecule has 0 aliphatic rings. The van der Waals surface area contributed by atoms with Gasteiger partial charge in [-0.05, 0) is 17.7 Å². The third kappa shape index (κ3) is 3.64. The molecule has 0 bridgehead atoms. The standard InChI is InChI=1S/C10H13Cl2N3O/c1-14-15-10(16)5-9(13)7-3-2-6(11)4-8(7)12/h2-4,9,14H,5,13H2,1H3,(H,15,16). The molecule has 0 aliphatic carbocycles. The first-order valence-electron chi connectivity index (χ1n) is 4.70. The van der Waals surface area contributed by atoms with Gasteiger partial charge in [-0.1, -0.05) is 29.3 Å². The zero-order valence-corrected chi connectivity index (χ0v) is 10.3. The fraction of sp³-hybridized carbons (Fsp3) is 0.300. The Kier molecular flexibility index (Phi) is 5.02. The summed E-state index contributed by atoms with van der Waals surface area (Å²) in [4.78, 5) is 11.3. The number of nitrogens with one attached hydrogen (secondary N) is 2. The molecule has 1 aromatic rings. The lowest BCUT2D eigenvalue weighted by Crippen LogP contribution is -2.36. The van der Waals surface area contributed by atoms with E-state index in [1.165, 1.54) is 0 Å². The van der Waals surface area contributed by atoms with Crippen molar-refractivity contribution in [2.45, 2.75) is 12.5 Å². The number of amides is 1. The smallest absolute Gasteiger partial charge is 0.235 e. The van der Waals surface area contributed by atoms with E-state index in [0.29, 0.717) is 15.6 Å². The number of carbonyl (C=O) groups is 1. The minimum atomic E-state index is -0.446. The summed E-state index contributed by atoms with van der Waals surface area (Å²) >= 11 is 11.7. The van der Waals surface area contributed by atoms with Crippen molar-refractivity contribution in [1.82, 2.24) is 10.9 Å². The SMILES string of the molecule is CNNC(=O)CC(N)c1ccc(Cl)cc1Cl. The van der Waals surface area contributed by atoms with Gasteiger partial charge in [0.2, 0.25) is 5.91 Å². The van der Waals surface area contributed by atoms with Crippen molar-refractivity contribution < 1.29 is 4.79 Å². The molecule has 88 valence electrons. The van der Waals surface area contributed by atoms with Gasteiger partial charge in [-0.2, -0.15) is 0 Å². The Bertz CT molecular complexity index is 384. The molecule has 1 rings (SSSR count). The van der Waals surface area contributed by atoms with E-state index in [2.05, 4.69) is 10.9 Å². The predicted octanol–water partition coefficient (Wildman–Crippen LogP) is 1.63. The summed E-state index contributed by atoms with van der Waals surface area (Å²) in [5.41, 5.74) is 11.5. The third-order valence-electron chi connectivity index (χ3n) is 2.03. The fourth-order valence-corrected chi connectivity index (χ4v) is 1.85. The number of carbonyl (C=O) groups excluding carboxylic acids is 1. The van der Waals surface area contributed by atoms with E-state index in [-0.39, 0.29) is 12.3 Å². The third-order valence-corrected chi connectivity index (χ3v) is 2.59. The molecule has 6 heteroatoms. The number of hydrazine groups is 1. The molecule has 0 radical (unpaired) electrons. The van der Waals surface area contributed by atoms with Gasteiger partial charge in [0.05, 0.1) is 0 Å². The van der Waals surface area contributed by atoms with Crippen LogP contribution in [0.5, 0.6) is 0 Å². The Morgan fingerprint density at radius 3 is 2.75 bits per heavy atom. The Morgan fingerprint density at radius 2 is 2.19 bits per heavy atom. The average Bonchev–Trinajstić information content (AvgIpc) is 2.17. The van der Waals surface area contributed by atoms with Gasteiger partial charge < -0.3 is 5.73 Å². The zero-order chi connectivity index (χ0) is 12.1. The maximum Gasteiger partial charge on any atom is 0.235 e. The molecule has 16 heavy (non-hydrogen) atoms. The number of hydrogen-bond acceptors (Lipinski definition) is 3. The molecule has 0 aliphatic heterocycles. The summed E-state index contributed by atoms with van der Waals surface area (Å²) in [6.07, 6.45) is 0.155. The molecule has 1 atom stereocenters. The first kappa shape index (κ1) is 13.3. The molecular formula is C10H13Cl2N3O. The molecule has 0 spiro atoms. The van der Waals surface area contributed by atoms with E-state index < -0.39 is 6.04 Å². The molecular weight excluding hydrogens is 249 g/mol. The first-order chi connectivity index (χ1) is 7.54. The number of benzene rings is 1. The van der Waals surface area contributed by atoms with E-state index in [1.54, 1.807) is 25.2 Å². The average molecular weight is 262 g/mol. The van der Waals surface area contributed by atoms with Crippen LogP contribution in [-0.4, -0.2) is 13.0 Å². The zero-order valence-electron chi connectivity index (χ0n) is 8.76. The molecule has 0 fully saturated rings. The highest BCUT2D eigenvalue weighted by molar-refractivity contribution is 6.35. The minimum absolute atomic E-state index is 0.155. The van der Waals surface area contributed by atoms with Gasteiger partial charge in [-0.25, -0.2) is 5.43 Å². The van der Waals surface area contributed by atoms with Gasteiger partial charge >= 0.3 is 0 Å². The molecule has 0 saturated heterocycles. The van der Waals surface area contributed by atoms with Crippen LogP contribution in [0, 0.1) is 0 Å². The Labute approximate surface area is 104 Å². The second kappa shape index (κ2) is 6.06. The molecule has 4 N–H and O–H groups in total. The lowest BCUT2D eigenvalue weighted by molar-refractivity contribution is -0.122. The summed E-state index contributed by atoms with van der Waals surface area (Å²) in [5.74, 6) is -0.194. The van der Waals surface area contributed by atoms with E-state index in [9.17, 15) is 4.79 Å². The molecule has 4 nitrogen and oxygen atoms in total. The summed E-state index contributed by atoms with van der Waals surface area (Å²) in [7, 11) is 1.61. The van der Waals surface area contributed by atoms with Gasteiger partial charge in [-0.3, -0.25) is 10.2 Å². The van der Waals surface area contributed by atoms with Crippen LogP contribution in [0.15, 0.2) is 18.2 Å². The molecule has 1 amide bonds. The summed E-state index contributed by atoms with van der Waals surface area (Å²) < 4.78 is 0. The quantitative estimate of drug-likeness (QED) is 0.722. The Hall–Kier alpha value is -0.810. The number of rotatable bonds is 4. The van der Waals surface area contributed by atoms with Crippen LogP contribution < -0.4 is 16.6 Å². The monoisotopic (exact) mass is 261 g/mol. The van der Waals surface area contributed by atoms with E-state index in [4.69, 9.17) is 28.9 Å². The maximum atomic E-state index is 11.3. The van der Waals surface area contributed by atoms with Gasteiger partial charge in [0.25, 0.3) is 0 Å². The maximum absolute atomic E-state index is 11.3. The number of nitrogens with two attached hydrogens (primary N) is 1. The highest BCUT2D eigenvalue weighted by Gasteiger charge is 2.14. The summed E-state index contributed by atoms with van der Waals surface area (Å²) in [6, 6.07) is 4.58.